The first-order valence-corrected chi connectivity index (χ1v) is 6.06. The minimum absolute atomic E-state index is 0.0881. The van der Waals surface area contributed by atoms with Gasteiger partial charge in [-0.2, -0.15) is 0 Å². The zero-order valence-corrected chi connectivity index (χ0v) is 10.6. The fraction of sp³-hybridized carbons (Fsp3) is 0.250. The van der Waals surface area contributed by atoms with Crippen molar-refractivity contribution in [2.24, 2.45) is 11.7 Å². The number of nitrogens with one attached hydrogen (secondary N) is 1. The summed E-state index contributed by atoms with van der Waals surface area (Å²) in [6.07, 6.45) is 4.12. The van der Waals surface area contributed by atoms with Crippen LogP contribution in [0.15, 0.2) is 34.8 Å². The lowest BCUT2D eigenvalue weighted by Gasteiger charge is -2.12. The second kappa shape index (κ2) is 4.98. The van der Waals surface area contributed by atoms with Gasteiger partial charge in [-0.15, -0.1) is 0 Å². The second-order valence-corrected chi connectivity index (χ2v) is 4.83. The maximum atomic E-state index is 13.5. The van der Waals surface area contributed by atoms with E-state index in [4.69, 9.17) is 5.73 Å². The molecule has 1 aliphatic rings. The highest BCUT2D eigenvalue weighted by atomic mass is 79.9. The van der Waals surface area contributed by atoms with Crippen molar-refractivity contribution in [3.05, 3.63) is 40.6 Å². The highest BCUT2D eigenvalue weighted by Crippen LogP contribution is 2.27. The molecule has 0 radical (unpaired) electrons. The summed E-state index contributed by atoms with van der Waals surface area (Å²) in [5.74, 6) is -0.976. The van der Waals surface area contributed by atoms with Gasteiger partial charge in [0, 0.05) is 10.5 Å². The Balaban J connectivity index is 2.11. The van der Waals surface area contributed by atoms with Gasteiger partial charge in [0.2, 0.25) is 5.91 Å². The predicted octanol–water partition coefficient (Wildman–Crippen LogP) is 2.43. The number of para-hydroxylation sites is 1. The fourth-order valence-corrected chi connectivity index (χ4v) is 2.20. The molecule has 0 heterocycles. The Hall–Kier alpha value is -1.20. The van der Waals surface area contributed by atoms with E-state index >= 15 is 0 Å². The molecule has 17 heavy (non-hydrogen) atoms. The molecule has 2 unspecified atom stereocenters. The number of carbonyl (C=O) groups is 1. The number of anilines is 1. The molecule has 0 aromatic heterocycles. The van der Waals surface area contributed by atoms with Crippen molar-refractivity contribution >= 4 is 27.5 Å². The minimum atomic E-state index is -0.459. The van der Waals surface area contributed by atoms with Crippen LogP contribution in [0.3, 0.4) is 0 Å². The molecule has 1 aliphatic carbocycles. The van der Waals surface area contributed by atoms with Gasteiger partial charge in [-0.1, -0.05) is 18.2 Å². The first-order valence-electron chi connectivity index (χ1n) is 5.26. The van der Waals surface area contributed by atoms with Gasteiger partial charge in [-0.05, 0) is 34.5 Å². The van der Waals surface area contributed by atoms with E-state index in [1.54, 1.807) is 24.3 Å². The molecular weight excluding hydrogens is 287 g/mol. The summed E-state index contributed by atoms with van der Waals surface area (Å²) in [6, 6.07) is 4.46. The third kappa shape index (κ3) is 2.73. The molecular formula is C12H12BrFN2O. The number of nitrogens with two attached hydrogens (primary N) is 1. The molecule has 0 bridgehead atoms. The number of halogens is 2. The third-order valence-electron chi connectivity index (χ3n) is 2.66. The van der Waals surface area contributed by atoms with E-state index in [1.807, 2.05) is 0 Å². The summed E-state index contributed by atoms with van der Waals surface area (Å²) in [7, 11) is 0. The summed E-state index contributed by atoms with van der Waals surface area (Å²) >= 11 is 3.20. The molecule has 2 rings (SSSR count). The Morgan fingerprint density at radius 3 is 2.82 bits per heavy atom. The van der Waals surface area contributed by atoms with Crippen molar-refractivity contribution in [3.8, 4) is 0 Å². The molecule has 3 N–H and O–H groups in total. The molecule has 0 saturated heterocycles. The summed E-state index contributed by atoms with van der Waals surface area (Å²) in [4.78, 5) is 11.9. The summed E-state index contributed by atoms with van der Waals surface area (Å²) in [5.41, 5.74) is 5.84. The van der Waals surface area contributed by atoms with Gasteiger partial charge in [0.1, 0.15) is 5.82 Å². The van der Waals surface area contributed by atoms with Gasteiger partial charge in [0.15, 0.2) is 0 Å². The van der Waals surface area contributed by atoms with E-state index in [-0.39, 0.29) is 23.6 Å². The van der Waals surface area contributed by atoms with Crippen LogP contribution in [0, 0.1) is 11.7 Å². The second-order valence-electron chi connectivity index (χ2n) is 3.98. The number of carbonyl (C=O) groups excluding carboxylic acids is 1. The molecule has 0 spiro atoms. The van der Waals surface area contributed by atoms with E-state index in [0.29, 0.717) is 10.9 Å². The standard InChI is InChI=1S/C12H12BrFN2O/c13-9-2-1-3-10(14)11(9)16-12(17)7-4-5-8(15)6-7/h1-5,7-8H,6,15H2,(H,16,17). The third-order valence-corrected chi connectivity index (χ3v) is 3.33. The zero-order chi connectivity index (χ0) is 12.4. The van der Waals surface area contributed by atoms with Crippen LogP contribution in [-0.4, -0.2) is 11.9 Å². The highest BCUT2D eigenvalue weighted by Gasteiger charge is 2.23. The van der Waals surface area contributed by atoms with Gasteiger partial charge in [-0.25, -0.2) is 4.39 Å². The monoisotopic (exact) mass is 298 g/mol. The number of hydrogen-bond donors (Lipinski definition) is 2. The number of amides is 1. The Bertz CT molecular complexity index is 455. The topological polar surface area (TPSA) is 55.1 Å². The first-order chi connectivity index (χ1) is 8.08. The Morgan fingerprint density at radius 1 is 1.47 bits per heavy atom. The predicted molar refractivity (Wildman–Crippen MR) is 68.0 cm³/mol. The van der Waals surface area contributed by atoms with Crippen LogP contribution in [0.2, 0.25) is 0 Å². The van der Waals surface area contributed by atoms with E-state index in [0.717, 1.165) is 0 Å². The largest absolute Gasteiger partial charge is 0.324 e. The number of hydrogen-bond acceptors (Lipinski definition) is 2. The molecule has 1 aromatic carbocycles. The Kier molecular flexibility index (Phi) is 3.59. The molecule has 3 nitrogen and oxygen atoms in total. The van der Waals surface area contributed by atoms with Crippen LogP contribution in [0.5, 0.6) is 0 Å². The Morgan fingerprint density at radius 2 is 2.24 bits per heavy atom. The lowest BCUT2D eigenvalue weighted by molar-refractivity contribution is -0.118. The van der Waals surface area contributed by atoms with E-state index in [2.05, 4.69) is 21.2 Å². The minimum Gasteiger partial charge on any atom is -0.324 e. The average Bonchev–Trinajstić information content (AvgIpc) is 2.70. The summed E-state index contributed by atoms with van der Waals surface area (Å²) < 4.78 is 14.0. The molecule has 90 valence electrons. The molecule has 2 atom stereocenters. The average molecular weight is 299 g/mol. The van der Waals surface area contributed by atoms with E-state index < -0.39 is 5.82 Å². The normalized spacial score (nSPS) is 22.8. The molecule has 1 amide bonds. The quantitative estimate of drug-likeness (QED) is 0.824. The highest BCUT2D eigenvalue weighted by molar-refractivity contribution is 9.10. The van der Waals surface area contributed by atoms with Crippen LogP contribution < -0.4 is 11.1 Å². The molecule has 1 aromatic rings. The first kappa shape index (κ1) is 12.3. The summed E-state index contributed by atoms with van der Waals surface area (Å²) in [5, 5.41) is 2.57. The summed E-state index contributed by atoms with van der Waals surface area (Å²) in [6.45, 7) is 0. The van der Waals surface area contributed by atoms with E-state index in [9.17, 15) is 9.18 Å². The van der Waals surface area contributed by atoms with Crippen molar-refractivity contribution in [1.82, 2.24) is 0 Å². The van der Waals surface area contributed by atoms with Gasteiger partial charge >= 0.3 is 0 Å². The van der Waals surface area contributed by atoms with Crippen molar-refractivity contribution in [2.75, 3.05) is 5.32 Å². The van der Waals surface area contributed by atoms with Crippen LogP contribution >= 0.6 is 15.9 Å². The molecule has 5 heteroatoms. The number of rotatable bonds is 2. The van der Waals surface area contributed by atoms with Crippen molar-refractivity contribution < 1.29 is 9.18 Å². The maximum absolute atomic E-state index is 13.5. The van der Waals surface area contributed by atoms with Gasteiger partial charge in [0.25, 0.3) is 0 Å². The van der Waals surface area contributed by atoms with Crippen molar-refractivity contribution in [2.45, 2.75) is 12.5 Å². The fourth-order valence-electron chi connectivity index (χ4n) is 1.75. The van der Waals surface area contributed by atoms with Crippen molar-refractivity contribution in [3.63, 3.8) is 0 Å². The van der Waals surface area contributed by atoms with Crippen LogP contribution in [0.4, 0.5) is 10.1 Å². The van der Waals surface area contributed by atoms with Crippen molar-refractivity contribution in [1.29, 1.82) is 0 Å². The SMILES string of the molecule is NC1C=CC(C(=O)Nc2c(F)cccc2Br)C1. The van der Waals surface area contributed by atoms with Gasteiger partial charge in [0.05, 0.1) is 11.6 Å². The Labute approximate surface area is 107 Å². The molecule has 0 fully saturated rings. The van der Waals surface area contributed by atoms with Gasteiger partial charge < -0.3 is 11.1 Å². The maximum Gasteiger partial charge on any atom is 0.231 e. The lowest BCUT2D eigenvalue weighted by atomic mass is 10.1. The van der Waals surface area contributed by atoms with Gasteiger partial charge in [-0.3, -0.25) is 4.79 Å². The lowest BCUT2D eigenvalue weighted by Crippen LogP contribution is -2.24. The molecule has 0 aliphatic heterocycles. The smallest absolute Gasteiger partial charge is 0.231 e. The van der Waals surface area contributed by atoms with Crippen LogP contribution in [0.25, 0.3) is 0 Å². The van der Waals surface area contributed by atoms with Crippen LogP contribution in [0.1, 0.15) is 6.42 Å². The molecule has 0 saturated carbocycles. The number of benzene rings is 1. The zero-order valence-electron chi connectivity index (χ0n) is 8.99. The van der Waals surface area contributed by atoms with Crippen LogP contribution in [-0.2, 0) is 4.79 Å². The van der Waals surface area contributed by atoms with E-state index in [1.165, 1.54) is 6.07 Å².